The summed E-state index contributed by atoms with van der Waals surface area (Å²) >= 11 is 1.92. The lowest BCUT2D eigenvalue weighted by Gasteiger charge is -2.20. The van der Waals surface area contributed by atoms with E-state index in [1.165, 1.54) is 42.8 Å². The molecule has 0 unspecified atom stereocenters. The number of phenols is 1. The fourth-order valence-corrected chi connectivity index (χ4v) is 3.20. The minimum absolute atomic E-state index is 0.358. The van der Waals surface area contributed by atoms with Crippen molar-refractivity contribution in [2.45, 2.75) is 37.0 Å². The molecule has 15 heavy (non-hydrogen) atoms. The zero-order valence-corrected chi connectivity index (χ0v) is 9.80. The highest BCUT2D eigenvalue weighted by molar-refractivity contribution is 7.99. The summed E-state index contributed by atoms with van der Waals surface area (Å²) in [6.07, 6.45) is 7.08. The summed E-state index contributed by atoms with van der Waals surface area (Å²) in [5.74, 6) is 2.51. The summed E-state index contributed by atoms with van der Waals surface area (Å²) in [5.41, 5.74) is 0. The molecule has 1 aliphatic carbocycles. The second-order valence-corrected chi connectivity index (χ2v) is 5.40. The Bertz CT molecular complexity index is 288. The third-order valence-corrected chi connectivity index (χ3v) is 4.29. The van der Waals surface area contributed by atoms with Crippen LogP contribution in [0.15, 0.2) is 29.2 Å². The Morgan fingerprint density at radius 3 is 2.40 bits per heavy atom. The maximum atomic E-state index is 9.16. The van der Waals surface area contributed by atoms with Gasteiger partial charge in [0.15, 0.2) is 0 Å². The molecular formula is C13H18OS. The van der Waals surface area contributed by atoms with Crippen LogP contribution in [0.1, 0.15) is 32.1 Å². The van der Waals surface area contributed by atoms with E-state index in [0.717, 1.165) is 5.92 Å². The van der Waals surface area contributed by atoms with Gasteiger partial charge < -0.3 is 5.11 Å². The van der Waals surface area contributed by atoms with Crippen molar-refractivity contribution in [1.29, 1.82) is 0 Å². The van der Waals surface area contributed by atoms with E-state index in [1.807, 2.05) is 23.9 Å². The van der Waals surface area contributed by atoms with Crippen molar-refractivity contribution < 1.29 is 5.11 Å². The predicted octanol–water partition coefficient (Wildman–Crippen LogP) is 4.06. The highest BCUT2D eigenvalue weighted by Gasteiger charge is 2.13. The molecular weight excluding hydrogens is 204 g/mol. The summed E-state index contributed by atoms with van der Waals surface area (Å²) in [6, 6.07) is 7.54. The molecule has 1 aromatic carbocycles. The first-order valence-electron chi connectivity index (χ1n) is 5.76. The molecule has 0 spiro atoms. The van der Waals surface area contributed by atoms with Gasteiger partial charge in [-0.2, -0.15) is 0 Å². The molecule has 0 saturated heterocycles. The van der Waals surface area contributed by atoms with Gasteiger partial charge in [0.25, 0.3) is 0 Å². The molecule has 0 aliphatic heterocycles. The van der Waals surface area contributed by atoms with Crippen LogP contribution in [0.5, 0.6) is 5.75 Å². The van der Waals surface area contributed by atoms with Crippen molar-refractivity contribution in [2.75, 3.05) is 5.75 Å². The minimum atomic E-state index is 0.358. The smallest absolute Gasteiger partial charge is 0.115 e. The number of aromatic hydroxyl groups is 1. The molecule has 0 bridgehead atoms. The van der Waals surface area contributed by atoms with E-state index in [1.54, 1.807) is 12.1 Å². The third-order valence-electron chi connectivity index (χ3n) is 3.05. The van der Waals surface area contributed by atoms with E-state index < -0.39 is 0 Å². The molecule has 0 heterocycles. The van der Waals surface area contributed by atoms with Crippen LogP contribution in [0.3, 0.4) is 0 Å². The van der Waals surface area contributed by atoms with E-state index in [0.29, 0.717) is 5.75 Å². The van der Waals surface area contributed by atoms with E-state index in [4.69, 9.17) is 5.11 Å². The van der Waals surface area contributed by atoms with Crippen LogP contribution in [0.25, 0.3) is 0 Å². The Kier molecular flexibility index (Phi) is 3.95. The van der Waals surface area contributed by atoms with Crippen LogP contribution in [-0.4, -0.2) is 10.9 Å². The topological polar surface area (TPSA) is 20.2 Å². The molecule has 1 nitrogen and oxygen atoms in total. The molecule has 0 aromatic heterocycles. The number of benzene rings is 1. The average molecular weight is 222 g/mol. The number of thioether (sulfide) groups is 1. The van der Waals surface area contributed by atoms with Crippen LogP contribution < -0.4 is 0 Å². The van der Waals surface area contributed by atoms with Crippen molar-refractivity contribution in [1.82, 2.24) is 0 Å². The zero-order chi connectivity index (χ0) is 10.5. The second kappa shape index (κ2) is 5.45. The van der Waals surface area contributed by atoms with Crippen LogP contribution in [0, 0.1) is 5.92 Å². The van der Waals surface area contributed by atoms with Gasteiger partial charge in [-0.3, -0.25) is 0 Å². The summed E-state index contributed by atoms with van der Waals surface area (Å²) in [4.78, 5) is 1.28. The first-order valence-corrected chi connectivity index (χ1v) is 6.75. The molecule has 1 aromatic rings. The van der Waals surface area contributed by atoms with Gasteiger partial charge in [-0.05, 0) is 43.0 Å². The van der Waals surface area contributed by atoms with Gasteiger partial charge in [0.1, 0.15) is 5.75 Å². The number of hydrogen-bond donors (Lipinski definition) is 1. The Balaban J connectivity index is 1.79. The average Bonchev–Trinajstić information content (AvgIpc) is 2.30. The van der Waals surface area contributed by atoms with E-state index >= 15 is 0 Å². The van der Waals surface area contributed by atoms with Crippen molar-refractivity contribution in [3.05, 3.63) is 24.3 Å². The predicted molar refractivity (Wildman–Crippen MR) is 65.4 cm³/mol. The Morgan fingerprint density at radius 2 is 1.73 bits per heavy atom. The Hall–Kier alpha value is -0.630. The highest BCUT2D eigenvalue weighted by atomic mass is 32.2. The van der Waals surface area contributed by atoms with E-state index in [-0.39, 0.29) is 0 Å². The third kappa shape index (κ3) is 3.45. The largest absolute Gasteiger partial charge is 0.508 e. The Morgan fingerprint density at radius 1 is 1.07 bits per heavy atom. The summed E-state index contributed by atoms with van der Waals surface area (Å²) in [5, 5.41) is 9.16. The van der Waals surface area contributed by atoms with Crippen LogP contribution in [-0.2, 0) is 0 Å². The van der Waals surface area contributed by atoms with Gasteiger partial charge in [-0.1, -0.05) is 19.3 Å². The molecule has 82 valence electrons. The first-order chi connectivity index (χ1) is 7.34. The molecule has 1 N–H and O–H groups in total. The molecule has 1 aliphatic rings. The van der Waals surface area contributed by atoms with E-state index in [2.05, 4.69) is 0 Å². The number of phenolic OH excluding ortho intramolecular Hbond substituents is 1. The lowest BCUT2D eigenvalue weighted by atomic mass is 9.91. The van der Waals surface area contributed by atoms with Crippen LogP contribution in [0.4, 0.5) is 0 Å². The fraction of sp³-hybridized carbons (Fsp3) is 0.538. The first kappa shape index (κ1) is 10.9. The normalized spacial score (nSPS) is 17.9. The van der Waals surface area contributed by atoms with E-state index in [9.17, 15) is 0 Å². The standard InChI is InChI=1S/C13H18OS/c14-12-6-8-13(9-7-12)15-10-11-4-2-1-3-5-11/h6-9,11,14H,1-5,10H2. The number of rotatable bonds is 3. The van der Waals surface area contributed by atoms with Crippen LogP contribution >= 0.6 is 11.8 Å². The highest BCUT2D eigenvalue weighted by Crippen LogP contribution is 2.30. The minimum Gasteiger partial charge on any atom is -0.508 e. The zero-order valence-electron chi connectivity index (χ0n) is 8.98. The van der Waals surface area contributed by atoms with Gasteiger partial charge in [-0.15, -0.1) is 11.8 Å². The van der Waals surface area contributed by atoms with Crippen molar-refractivity contribution >= 4 is 11.8 Å². The molecule has 2 heteroatoms. The lowest BCUT2D eigenvalue weighted by Crippen LogP contribution is -2.08. The van der Waals surface area contributed by atoms with Gasteiger partial charge in [0.05, 0.1) is 0 Å². The second-order valence-electron chi connectivity index (χ2n) is 4.31. The monoisotopic (exact) mass is 222 g/mol. The van der Waals surface area contributed by atoms with Crippen molar-refractivity contribution in [2.24, 2.45) is 5.92 Å². The van der Waals surface area contributed by atoms with Crippen LogP contribution in [0.2, 0.25) is 0 Å². The van der Waals surface area contributed by atoms with Crippen molar-refractivity contribution in [3.8, 4) is 5.75 Å². The molecule has 0 radical (unpaired) electrons. The summed E-state index contributed by atoms with van der Waals surface area (Å²) < 4.78 is 0. The maximum Gasteiger partial charge on any atom is 0.115 e. The molecule has 0 atom stereocenters. The van der Waals surface area contributed by atoms with Crippen molar-refractivity contribution in [3.63, 3.8) is 0 Å². The van der Waals surface area contributed by atoms with Gasteiger partial charge in [-0.25, -0.2) is 0 Å². The molecule has 1 fully saturated rings. The summed E-state index contributed by atoms with van der Waals surface area (Å²) in [7, 11) is 0. The van der Waals surface area contributed by atoms with Gasteiger partial charge in [0.2, 0.25) is 0 Å². The quantitative estimate of drug-likeness (QED) is 0.778. The van der Waals surface area contributed by atoms with Gasteiger partial charge >= 0.3 is 0 Å². The maximum absolute atomic E-state index is 9.16. The Labute approximate surface area is 95.9 Å². The summed E-state index contributed by atoms with van der Waals surface area (Å²) in [6.45, 7) is 0. The molecule has 0 amide bonds. The molecule has 2 rings (SSSR count). The molecule has 1 saturated carbocycles. The fourth-order valence-electron chi connectivity index (χ4n) is 2.11. The van der Waals surface area contributed by atoms with Gasteiger partial charge in [0, 0.05) is 10.6 Å². The SMILES string of the molecule is Oc1ccc(SCC2CCCCC2)cc1. The number of hydrogen-bond acceptors (Lipinski definition) is 2. The lowest BCUT2D eigenvalue weighted by molar-refractivity contribution is 0.391.